The lowest BCUT2D eigenvalue weighted by atomic mass is 10.1. The fraction of sp³-hybridized carbons (Fsp3) is 0.600. The van der Waals surface area contributed by atoms with Gasteiger partial charge in [0.2, 0.25) is 0 Å². The number of hydrogen-bond acceptors (Lipinski definition) is 4. The van der Waals surface area contributed by atoms with Gasteiger partial charge in [0.05, 0.1) is 16.0 Å². The summed E-state index contributed by atoms with van der Waals surface area (Å²) in [5, 5.41) is -0.0475. The number of ether oxygens (including phenoxy) is 1. The highest BCUT2D eigenvalue weighted by atomic mass is 32.2. The summed E-state index contributed by atoms with van der Waals surface area (Å²) in [6, 6.07) is 3.53. The average Bonchev–Trinajstić information content (AvgIpc) is 2.46. The van der Waals surface area contributed by atoms with E-state index in [1.807, 2.05) is 20.8 Å². The van der Waals surface area contributed by atoms with Crippen LogP contribution in [0.5, 0.6) is 0 Å². The van der Waals surface area contributed by atoms with E-state index in [0.717, 1.165) is 17.7 Å². The molecule has 1 aromatic rings. The highest BCUT2D eigenvalue weighted by Gasteiger charge is 2.30. The van der Waals surface area contributed by atoms with E-state index in [-0.39, 0.29) is 11.3 Å². The van der Waals surface area contributed by atoms with E-state index < -0.39 is 16.4 Å². The smallest absolute Gasteiger partial charge is 0.410 e. The Morgan fingerprint density at radius 2 is 2.05 bits per heavy atom. The summed E-state index contributed by atoms with van der Waals surface area (Å²) in [4.78, 5) is 18.5. The molecule has 2 atom stereocenters. The highest BCUT2D eigenvalue weighted by Crippen LogP contribution is 2.21. The monoisotopic (exact) mass is 310 g/mol. The van der Waals surface area contributed by atoms with Gasteiger partial charge in [0.15, 0.2) is 0 Å². The van der Waals surface area contributed by atoms with E-state index in [4.69, 9.17) is 4.74 Å². The van der Waals surface area contributed by atoms with E-state index in [1.165, 1.54) is 0 Å². The zero-order valence-electron chi connectivity index (χ0n) is 12.7. The van der Waals surface area contributed by atoms with Crippen LogP contribution in [0.1, 0.15) is 33.6 Å². The number of aromatic nitrogens is 1. The maximum Gasteiger partial charge on any atom is 0.410 e. The number of amides is 1. The van der Waals surface area contributed by atoms with Gasteiger partial charge in [-0.15, -0.1) is 0 Å². The van der Waals surface area contributed by atoms with Gasteiger partial charge >= 0.3 is 6.09 Å². The molecule has 0 radical (unpaired) electrons. The number of carbonyl (C=O) groups excluding carboxylic acids is 1. The number of carbonyl (C=O) groups is 1. The molecule has 1 amide bonds. The third-order valence-electron chi connectivity index (χ3n) is 3.21. The highest BCUT2D eigenvalue weighted by molar-refractivity contribution is 7.85. The molecular formula is C15H22N2O3S. The summed E-state index contributed by atoms with van der Waals surface area (Å²) >= 11 is 0. The summed E-state index contributed by atoms with van der Waals surface area (Å²) < 4.78 is 17.9. The van der Waals surface area contributed by atoms with Crippen LogP contribution in [0, 0.1) is 0 Å². The second kappa shape index (κ2) is 6.56. The molecule has 0 saturated carbocycles. The molecule has 0 unspecified atom stereocenters. The molecule has 0 N–H and O–H groups in total. The maximum atomic E-state index is 12.6. The number of hydrogen-bond donors (Lipinski definition) is 0. The van der Waals surface area contributed by atoms with Gasteiger partial charge in [-0.25, -0.2) is 4.79 Å². The van der Waals surface area contributed by atoms with Crippen molar-refractivity contribution >= 4 is 16.9 Å². The van der Waals surface area contributed by atoms with Crippen molar-refractivity contribution < 1.29 is 13.7 Å². The lowest BCUT2D eigenvalue weighted by molar-refractivity contribution is 0.0219. The van der Waals surface area contributed by atoms with E-state index in [9.17, 15) is 9.00 Å². The van der Waals surface area contributed by atoms with E-state index in [2.05, 4.69) is 4.98 Å². The van der Waals surface area contributed by atoms with Crippen molar-refractivity contribution in [2.75, 3.05) is 13.1 Å². The van der Waals surface area contributed by atoms with Crippen molar-refractivity contribution in [3.05, 3.63) is 24.5 Å². The van der Waals surface area contributed by atoms with Crippen LogP contribution in [0.25, 0.3) is 0 Å². The molecule has 0 spiro atoms. The SMILES string of the molecule is CC(C)(C)OC(=O)N1CCC[C@H]([S@@](=O)c2ccncc2)C1. The zero-order chi connectivity index (χ0) is 15.5. The first-order chi connectivity index (χ1) is 9.87. The van der Waals surface area contributed by atoms with Crippen molar-refractivity contribution in [3.63, 3.8) is 0 Å². The third-order valence-corrected chi connectivity index (χ3v) is 4.94. The zero-order valence-corrected chi connectivity index (χ0v) is 13.6. The molecule has 116 valence electrons. The second-order valence-corrected chi connectivity index (χ2v) is 7.90. The molecule has 1 aromatic heterocycles. The first-order valence-electron chi connectivity index (χ1n) is 7.15. The van der Waals surface area contributed by atoms with Crippen LogP contribution in [-0.2, 0) is 15.5 Å². The Morgan fingerprint density at radius 3 is 2.67 bits per heavy atom. The summed E-state index contributed by atoms with van der Waals surface area (Å²) in [5.74, 6) is 0. The van der Waals surface area contributed by atoms with E-state index in [0.29, 0.717) is 13.1 Å². The molecule has 2 rings (SSSR count). The molecule has 6 heteroatoms. The van der Waals surface area contributed by atoms with Gasteiger partial charge in [0.25, 0.3) is 0 Å². The summed E-state index contributed by atoms with van der Waals surface area (Å²) in [6.45, 7) is 6.69. The minimum Gasteiger partial charge on any atom is -0.444 e. The minimum absolute atomic E-state index is 0.0475. The summed E-state index contributed by atoms with van der Waals surface area (Å²) in [5.41, 5.74) is -0.506. The molecule has 1 aliphatic heterocycles. The largest absolute Gasteiger partial charge is 0.444 e. The Balaban J connectivity index is 2.01. The van der Waals surface area contributed by atoms with Gasteiger partial charge < -0.3 is 9.64 Å². The minimum atomic E-state index is -1.12. The predicted molar refractivity (Wildman–Crippen MR) is 81.5 cm³/mol. The average molecular weight is 310 g/mol. The molecule has 1 fully saturated rings. The maximum absolute atomic E-state index is 12.6. The van der Waals surface area contributed by atoms with Gasteiger partial charge in [-0.2, -0.15) is 0 Å². The summed E-state index contributed by atoms with van der Waals surface area (Å²) in [7, 11) is -1.12. The van der Waals surface area contributed by atoms with E-state index >= 15 is 0 Å². The van der Waals surface area contributed by atoms with Crippen molar-refractivity contribution in [2.24, 2.45) is 0 Å². The fourth-order valence-corrected chi connectivity index (χ4v) is 3.74. The normalized spacial score (nSPS) is 20.9. The van der Waals surface area contributed by atoms with Crippen LogP contribution in [0.2, 0.25) is 0 Å². The Hall–Kier alpha value is -1.43. The lowest BCUT2D eigenvalue weighted by Crippen LogP contribution is -2.45. The predicted octanol–water partition coefficient (Wildman–Crippen LogP) is 2.59. The van der Waals surface area contributed by atoms with Crippen molar-refractivity contribution in [1.29, 1.82) is 0 Å². The third kappa shape index (κ3) is 4.52. The Labute approximate surface area is 128 Å². The Morgan fingerprint density at radius 1 is 1.38 bits per heavy atom. The molecule has 1 aliphatic rings. The first kappa shape index (κ1) is 15.9. The molecule has 21 heavy (non-hydrogen) atoms. The van der Waals surface area contributed by atoms with Crippen LogP contribution < -0.4 is 0 Å². The molecule has 0 aromatic carbocycles. The number of pyridine rings is 1. The summed E-state index contributed by atoms with van der Waals surface area (Å²) in [6.07, 6.45) is 4.66. The number of nitrogens with zero attached hydrogens (tertiary/aromatic N) is 2. The number of piperidine rings is 1. The van der Waals surface area contributed by atoms with Crippen LogP contribution in [0.4, 0.5) is 4.79 Å². The van der Waals surface area contributed by atoms with Crippen molar-refractivity contribution in [1.82, 2.24) is 9.88 Å². The van der Waals surface area contributed by atoms with Gasteiger partial charge in [-0.3, -0.25) is 9.19 Å². The quantitative estimate of drug-likeness (QED) is 0.842. The second-order valence-electron chi connectivity index (χ2n) is 6.17. The molecule has 0 aliphatic carbocycles. The lowest BCUT2D eigenvalue weighted by Gasteiger charge is -2.33. The first-order valence-corrected chi connectivity index (χ1v) is 8.36. The molecular weight excluding hydrogens is 288 g/mol. The molecule has 1 saturated heterocycles. The van der Waals surface area contributed by atoms with E-state index in [1.54, 1.807) is 29.4 Å². The van der Waals surface area contributed by atoms with Gasteiger partial charge in [0.1, 0.15) is 5.60 Å². The van der Waals surface area contributed by atoms with Crippen LogP contribution in [0.15, 0.2) is 29.4 Å². The number of likely N-dealkylation sites (tertiary alicyclic amines) is 1. The van der Waals surface area contributed by atoms with Gasteiger partial charge in [-0.05, 0) is 45.7 Å². The number of rotatable bonds is 2. The standard InChI is InChI=1S/C15H22N2O3S/c1-15(2,3)20-14(18)17-10-4-5-13(11-17)21(19)12-6-8-16-9-7-12/h6-9,13H,4-5,10-11H2,1-3H3/t13-,21-/m0/s1. The molecule has 2 heterocycles. The van der Waals surface area contributed by atoms with Gasteiger partial charge in [0, 0.05) is 30.4 Å². The van der Waals surface area contributed by atoms with Crippen molar-refractivity contribution in [3.8, 4) is 0 Å². The van der Waals surface area contributed by atoms with Crippen LogP contribution in [-0.4, -0.2) is 44.1 Å². The molecule has 0 bridgehead atoms. The Bertz CT molecular complexity index is 513. The van der Waals surface area contributed by atoms with Gasteiger partial charge in [-0.1, -0.05) is 0 Å². The topological polar surface area (TPSA) is 59.5 Å². The molecule has 5 nitrogen and oxygen atoms in total. The van der Waals surface area contributed by atoms with Crippen LogP contribution >= 0.6 is 0 Å². The van der Waals surface area contributed by atoms with Crippen LogP contribution in [0.3, 0.4) is 0 Å². The van der Waals surface area contributed by atoms with Crippen molar-refractivity contribution in [2.45, 2.75) is 49.4 Å². The Kier molecular flexibility index (Phi) is 4.98. The fourth-order valence-electron chi connectivity index (χ4n) is 2.27.